The minimum atomic E-state index is -0.221. The summed E-state index contributed by atoms with van der Waals surface area (Å²) in [7, 11) is 3.56. The normalized spacial score (nSPS) is 19.6. The summed E-state index contributed by atoms with van der Waals surface area (Å²) in [6.07, 6.45) is 8.13. The number of rotatable bonds is 4. The van der Waals surface area contributed by atoms with Crippen molar-refractivity contribution in [1.29, 1.82) is 0 Å². The number of pyridine rings is 2. The number of carbonyl (C=O) groups excluding carboxylic acids is 1. The summed E-state index contributed by atoms with van der Waals surface area (Å²) in [5.74, 6) is 1.25. The molecule has 2 amide bonds. The zero-order valence-corrected chi connectivity index (χ0v) is 15.6. The number of nitrogens with zero attached hydrogens (tertiary/aromatic N) is 4. The molecule has 2 aromatic heterocycles. The largest absolute Gasteiger partial charge is 0.494 e. The molecule has 0 spiro atoms. The van der Waals surface area contributed by atoms with Crippen LogP contribution in [0.2, 0.25) is 0 Å². The molecule has 4 rings (SSSR count). The van der Waals surface area contributed by atoms with E-state index in [1.165, 1.54) is 12.8 Å². The van der Waals surface area contributed by atoms with E-state index in [-0.39, 0.29) is 18.0 Å². The first kappa shape index (κ1) is 17.5. The standard InChI is InChI=1S/C19H24N6O2/c1-25-11-12(9-21-25)14-10-20-15-7-8-16(23-17(15)18(14)27-2)24-19(26)22-13-5-3-4-6-13/h7-10,12-13H,3-6,11H2,1-2H3,(H2,22,23,24,26). The van der Waals surface area contributed by atoms with Crippen LogP contribution < -0.4 is 15.4 Å². The summed E-state index contributed by atoms with van der Waals surface area (Å²) >= 11 is 0. The first-order chi connectivity index (χ1) is 13.1. The maximum absolute atomic E-state index is 12.2. The van der Waals surface area contributed by atoms with Crippen LogP contribution in [0.15, 0.2) is 23.4 Å². The molecule has 1 unspecified atom stereocenters. The van der Waals surface area contributed by atoms with E-state index >= 15 is 0 Å². The fourth-order valence-electron chi connectivity index (χ4n) is 3.77. The van der Waals surface area contributed by atoms with Gasteiger partial charge in [-0.25, -0.2) is 9.78 Å². The second-order valence-electron chi connectivity index (χ2n) is 7.10. The SMILES string of the molecule is COc1c(C2C=NN(C)C2)cnc2ccc(NC(=O)NC3CCCC3)nc12. The van der Waals surface area contributed by atoms with E-state index in [0.29, 0.717) is 17.1 Å². The smallest absolute Gasteiger partial charge is 0.320 e. The van der Waals surface area contributed by atoms with E-state index in [0.717, 1.165) is 30.5 Å². The quantitative estimate of drug-likeness (QED) is 0.866. The molecule has 0 radical (unpaired) electrons. The lowest BCUT2D eigenvalue weighted by atomic mass is 10.0. The van der Waals surface area contributed by atoms with Gasteiger partial charge in [-0.05, 0) is 25.0 Å². The Kier molecular flexibility index (Phi) is 4.79. The molecular weight excluding hydrogens is 344 g/mol. The van der Waals surface area contributed by atoms with Crippen molar-refractivity contribution in [1.82, 2.24) is 20.3 Å². The van der Waals surface area contributed by atoms with Crippen molar-refractivity contribution in [2.75, 3.05) is 26.0 Å². The zero-order chi connectivity index (χ0) is 18.8. The molecule has 1 fully saturated rings. The molecular formula is C19H24N6O2. The van der Waals surface area contributed by atoms with Gasteiger partial charge in [0.25, 0.3) is 0 Å². The van der Waals surface area contributed by atoms with Crippen LogP contribution in [0.3, 0.4) is 0 Å². The Morgan fingerprint density at radius 1 is 1.30 bits per heavy atom. The van der Waals surface area contributed by atoms with Crippen molar-refractivity contribution in [3.05, 3.63) is 23.9 Å². The Labute approximate surface area is 158 Å². The lowest BCUT2D eigenvalue weighted by molar-refractivity contribution is 0.248. The van der Waals surface area contributed by atoms with Crippen LogP contribution in [0.1, 0.15) is 37.2 Å². The molecule has 1 saturated carbocycles. The van der Waals surface area contributed by atoms with Crippen LogP contribution in [0.4, 0.5) is 10.6 Å². The average molecular weight is 368 g/mol. The highest BCUT2D eigenvalue weighted by Crippen LogP contribution is 2.33. The molecule has 27 heavy (non-hydrogen) atoms. The van der Waals surface area contributed by atoms with E-state index in [2.05, 4.69) is 25.7 Å². The first-order valence-electron chi connectivity index (χ1n) is 9.30. The maximum Gasteiger partial charge on any atom is 0.320 e. The minimum absolute atomic E-state index is 0.103. The molecule has 1 aliphatic carbocycles. The van der Waals surface area contributed by atoms with Gasteiger partial charge in [-0.2, -0.15) is 5.10 Å². The van der Waals surface area contributed by atoms with Gasteiger partial charge >= 0.3 is 6.03 Å². The van der Waals surface area contributed by atoms with Crippen LogP contribution in [0.25, 0.3) is 11.0 Å². The monoisotopic (exact) mass is 368 g/mol. The molecule has 0 bridgehead atoms. The van der Waals surface area contributed by atoms with Crippen molar-refractivity contribution in [2.45, 2.75) is 37.6 Å². The number of aromatic nitrogens is 2. The molecule has 8 nitrogen and oxygen atoms in total. The molecule has 1 aliphatic heterocycles. The number of hydrazone groups is 1. The highest BCUT2D eigenvalue weighted by atomic mass is 16.5. The Morgan fingerprint density at radius 2 is 2.11 bits per heavy atom. The number of nitrogens with one attached hydrogen (secondary N) is 2. The third-order valence-electron chi connectivity index (χ3n) is 5.13. The molecule has 2 aliphatic rings. The van der Waals surface area contributed by atoms with Crippen LogP contribution in [-0.2, 0) is 0 Å². The number of ether oxygens (including phenoxy) is 1. The van der Waals surface area contributed by atoms with E-state index < -0.39 is 0 Å². The summed E-state index contributed by atoms with van der Waals surface area (Å²) in [6.45, 7) is 0.769. The van der Waals surface area contributed by atoms with Gasteiger partial charge in [0.05, 0.1) is 12.6 Å². The van der Waals surface area contributed by atoms with Crippen LogP contribution >= 0.6 is 0 Å². The van der Waals surface area contributed by atoms with E-state index in [9.17, 15) is 4.79 Å². The summed E-state index contributed by atoms with van der Waals surface area (Å²) < 4.78 is 5.66. The van der Waals surface area contributed by atoms with Crippen molar-refractivity contribution in [3.8, 4) is 5.75 Å². The third kappa shape index (κ3) is 3.65. The molecule has 3 heterocycles. The molecule has 142 valence electrons. The van der Waals surface area contributed by atoms with Gasteiger partial charge in [0.1, 0.15) is 11.3 Å². The molecule has 8 heteroatoms. The fourth-order valence-corrected chi connectivity index (χ4v) is 3.77. The average Bonchev–Trinajstić information content (AvgIpc) is 3.32. The number of fused-ring (bicyclic) bond motifs is 1. The van der Waals surface area contributed by atoms with Crippen LogP contribution in [0, 0.1) is 0 Å². The summed E-state index contributed by atoms with van der Waals surface area (Å²) in [4.78, 5) is 21.3. The van der Waals surface area contributed by atoms with Crippen molar-refractivity contribution >= 4 is 29.1 Å². The fraction of sp³-hybridized carbons (Fsp3) is 0.474. The molecule has 0 saturated heterocycles. The van der Waals surface area contributed by atoms with Crippen LogP contribution in [0.5, 0.6) is 5.75 Å². The highest BCUT2D eigenvalue weighted by molar-refractivity contribution is 5.91. The van der Waals surface area contributed by atoms with Gasteiger partial charge in [-0.15, -0.1) is 0 Å². The Morgan fingerprint density at radius 3 is 2.81 bits per heavy atom. The minimum Gasteiger partial charge on any atom is -0.494 e. The number of carbonyl (C=O) groups is 1. The molecule has 1 atom stereocenters. The number of likely N-dealkylation sites (N-methyl/N-ethyl adjacent to an activating group) is 1. The van der Waals surface area contributed by atoms with E-state index in [1.54, 1.807) is 13.2 Å². The van der Waals surface area contributed by atoms with Gasteiger partial charge in [-0.3, -0.25) is 15.3 Å². The molecule has 0 aromatic carbocycles. The lowest BCUT2D eigenvalue weighted by Gasteiger charge is -2.16. The second-order valence-corrected chi connectivity index (χ2v) is 7.10. The summed E-state index contributed by atoms with van der Waals surface area (Å²) in [5, 5.41) is 12.0. The number of hydrogen-bond donors (Lipinski definition) is 2. The van der Waals surface area contributed by atoms with Crippen molar-refractivity contribution in [3.63, 3.8) is 0 Å². The number of urea groups is 1. The van der Waals surface area contributed by atoms with Crippen molar-refractivity contribution in [2.24, 2.45) is 5.10 Å². The third-order valence-corrected chi connectivity index (χ3v) is 5.13. The first-order valence-corrected chi connectivity index (χ1v) is 9.30. The Balaban J connectivity index is 1.60. The number of amides is 2. The highest BCUT2D eigenvalue weighted by Gasteiger charge is 2.23. The zero-order valence-electron chi connectivity index (χ0n) is 15.6. The summed E-state index contributed by atoms with van der Waals surface area (Å²) in [6, 6.07) is 3.63. The van der Waals surface area contributed by atoms with Gasteiger partial charge in [0.15, 0.2) is 5.75 Å². The second kappa shape index (κ2) is 7.38. The number of anilines is 1. The predicted octanol–water partition coefficient (Wildman–Crippen LogP) is 2.72. The maximum atomic E-state index is 12.2. The van der Waals surface area contributed by atoms with Gasteiger partial charge < -0.3 is 10.1 Å². The van der Waals surface area contributed by atoms with Gasteiger partial charge in [-0.1, -0.05) is 12.8 Å². The molecule has 2 aromatic rings. The number of hydrogen-bond acceptors (Lipinski definition) is 6. The molecule has 2 N–H and O–H groups in total. The topological polar surface area (TPSA) is 91.7 Å². The Hall–Kier alpha value is -2.90. The predicted molar refractivity (Wildman–Crippen MR) is 104 cm³/mol. The Bertz CT molecular complexity index is 878. The van der Waals surface area contributed by atoms with E-state index in [1.807, 2.05) is 30.5 Å². The summed E-state index contributed by atoms with van der Waals surface area (Å²) in [5.41, 5.74) is 2.30. The lowest BCUT2D eigenvalue weighted by Crippen LogP contribution is -2.36. The van der Waals surface area contributed by atoms with Crippen LogP contribution in [-0.4, -0.2) is 54.0 Å². The van der Waals surface area contributed by atoms with Crippen molar-refractivity contribution < 1.29 is 9.53 Å². The number of methoxy groups -OCH3 is 1. The van der Waals surface area contributed by atoms with E-state index in [4.69, 9.17) is 4.74 Å². The van der Waals surface area contributed by atoms with Gasteiger partial charge in [0, 0.05) is 43.5 Å². The van der Waals surface area contributed by atoms with Gasteiger partial charge in [0.2, 0.25) is 0 Å².